The smallest absolute Gasteiger partial charge is 0.148 e. The van der Waals surface area contributed by atoms with Crippen molar-refractivity contribution < 1.29 is 0 Å². The lowest BCUT2D eigenvalue weighted by Crippen LogP contribution is -2.22. The van der Waals surface area contributed by atoms with Gasteiger partial charge in [0.25, 0.3) is 0 Å². The van der Waals surface area contributed by atoms with Crippen molar-refractivity contribution in [1.82, 2.24) is 14.9 Å². The molecule has 0 unspecified atom stereocenters. The van der Waals surface area contributed by atoms with Gasteiger partial charge in [0.1, 0.15) is 5.82 Å². The van der Waals surface area contributed by atoms with E-state index in [2.05, 4.69) is 20.2 Å². The summed E-state index contributed by atoms with van der Waals surface area (Å²) in [6.45, 7) is 6.71. The Bertz CT molecular complexity index is 576. The Morgan fingerprint density at radius 2 is 1.80 bits per heavy atom. The van der Waals surface area contributed by atoms with Crippen LogP contribution in [-0.2, 0) is 0 Å². The highest BCUT2D eigenvalue weighted by molar-refractivity contribution is 5.76. The summed E-state index contributed by atoms with van der Waals surface area (Å²) in [5.41, 5.74) is 2.90. The third-order valence-electron chi connectivity index (χ3n) is 3.89. The molecule has 1 aliphatic rings. The second-order valence-electron chi connectivity index (χ2n) is 5.48. The van der Waals surface area contributed by atoms with Crippen LogP contribution in [-0.4, -0.2) is 41.0 Å². The second kappa shape index (κ2) is 6.18. The maximum atomic E-state index is 4.66. The van der Waals surface area contributed by atoms with Crippen molar-refractivity contribution in [2.45, 2.75) is 26.2 Å². The fraction of sp³-hybridized carbons (Fsp3) is 0.500. The summed E-state index contributed by atoms with van der Waals surface area (Å²) in [6, 6.07) is 8.02. The molecule has 20 heavy (non-hydrogen) atoms. The first-order valence-electron chi connectivity index (χ1n) is 7.52. The molecule has 1 aliphatic heterocycles. The van der Waals surface area contributed by atoms with E-state index in [0.29, 0.717) is 0 Å². The highest BCUT2D eigenvalue weighted by atomic mass is 15.1. The molecule has 0 aliphatic carbocycles. The van der Waals surface area contributed by atoms with Crippen molar-refractivity contribution in [3.63, 3.8) is 0 Å². The number of anilines is 1. The fourth-order valence-corrected chi connectivity index (χ4v) is 2.77. The average Bonchev–Trinajstić information content (AvgIpc) is 2.97. The molecule has 0 spiro atoms. The van der Waals surface area contributed by atoms with Crippen molar-refractivity contribution in [3.8, 4) is 0 Å². The van der Waals surface area contributed by atoms with Crippen LogP contribution >= 0.6 is 0 Å². The van der Waals surface area contributed by atoms with E-state index >= 15 is 0 Å². The van der Waals surface area contributed by atoms with E-state index in [9.17, 15) is 0 Å². The van der Waals surface area contributed by atoms with Crippen LogP contribution in [0.2, 0.25) is 0 Å². The summed E-state index contributed by atoms with van der Waals surface area (Å²) in [5.74, 6) is 0.921. The van der Waals surface area contributed by atoms with Gasteiger partial charge in [0.05, 0.1) is 16.7 Å². The van der Waals surface area contributed by atoms with Gasteiger partial charge >= 0.3 is 0 Å². The molecule has 0 atom stereocenters. The maximum absolute atomic E-state index is 4.66. The highest BCUT2D eigenvalue weighted by Gasteiger charge is 2.10. The van der Waals surface area contributed by atoms with Crippen LogP contribution in [0.15, 0.2) is 24.3 Å². The molecule has 1 aromatic heterocycles. The predicted molar refractivity (Wildman–Crippen MR) is 83.1 cm³/mol. The van der Waals surface area contributed by atoms with Crippen LogP contribution < -0.4 is 5.32 Å². The summed E-state index contributed by atoms with van der Waals surface area (Å²) >= 11 is 0. The number of fused-ring (bicyclic) bond motifs is 1. The molecule has 1 fully saturated rings. The third-order valence-corrected chi connectivity index (χ3v) is 3.89. The first-order chi connectivity index (χ1) is 9.83. The molecule has 0 radical (unpaired) electrons. The fourth-order valence-electron chi connectivity index (χ4n) is 2.77. The number of hydrogen-bond donors (Lipinski definition) is 1. The van der Waals surface area contributed by atoms with E-state index in [0.717, 1.165) is 35.5 Å². The van der Waals surface area contributed by atoms with Crippen molar-refractivity contribution in [2.24, 2.45) is 0 Å². The Morgan fingerprint density at radius 1 is 1.10 bits per heavy atom. The molecule has 2 aromatic rings. The number of aromatic nitrogens is 2. The summed E-state index contributed by atoms with van der Waals surface area (Å²) in [4.78, 5) is 11.8. The van der Waals surface area contributed by atoms with Crippen LogP contribution in [0.5, 0.6) is 0 Å². The SMILES string of the molecule is Cc1nc2ccccc2nc1NCCCN1CCCC1. The zero-order valence-corrected chi connectivity index (χ0v) is 12.1. The van der Waals surface area contributed by atoms with Crippen molar-refractivity contribution in [1.29, 1.82) is 0 Å². The van der Waals surface area contributed by atoms with Crippen molar-refractivity contribution >= 4 is 16.9 Å². The standard InChI is InChI=1S/C16H22N4/c1-13-16(17-9-6-12-20-10-4-5-11-20)19-15-8-3-2-7-14(15)18-13/h2-3,7-8H,4-6,9-12H2,1H3,(H,17,19). The van der Waals surface area contributed by atoms with E-state index in [-0.39, 0.29) is 0 Å². The average molecular weight is 270 g/mol. The first-order valence-corrected chi connectivity index (χ1v) is 7.52. The Kier molecular flexibility index (Phi) is 4.11. The first kappa shape index (κ1) is 13.3. The van der Waals surface area contributed by atoms with Gasteiger partial charge in [-0.2, -0.15) is 0 Å². The Hall–Kier alpha value is -1.68. The number of hydrogen-bond acceptors (Lipinski definition) is 4. The quantitative estimate of drug-likeness (QED) is 0.848. The van der Waals surface area contributed by atoms with E-state index in [4.69, 9.17) is 0 Å². The van der Waals surface area contributed by atoms with Crippen LogP contribution in [0.3, 0.4) is 0 Å². The lowest BCUT2D eigenvalue weighted by molar-refractivity contribution is 0.337. The molecule has 2 heterocycles. The van der Waals surface area contributed by atoms with E-state index in [1.807, 2.05) is 31.2 Å². The van der Waals surface area contributed by atoms with Gasteiger partial charge in [0.2, 0.25) is 0 Å². The number of aryl methyl sites for hydroxylation is 1. The predicted octanol–water partition coefficient (Wildman–Crippen LogP) is 2.84. The molecule has 106 valence electrons. The summed E-state index contributed by atoms with van der Waals surface area (Å²) in [6.07, 6.45) is 3.89. The molecular weight excluding hydrogens is 248 g/mol. The summed E-state index contributed by atoms with van der Waals surface area (Å²) in [5, 5.41) is 3.43. The van der Waals surface area contributed by atoms with E-state index in [1.165, 1.54) is 32.5 Å². The molecule has 3 rings (SSSR count). The van der Waals surface area contributed by atoms with Crippen LogP contribution in [0.25, 0.3) is 11.0 Å². The molecule has 0 amide bonds. The number of rotatable bonds is 5. The minimum atomic E-state index is 0.921. The van der Waals surface area contributed by atoms with Crippen LogP contribution in [0.1, 0.15) is 25.0 Å². The zero-order valence-electron chi connectivity index (χ0n) is 12.1. The van der Waals surface area contributed by atoms with E-state index in [1.54, 1.807) is 0 Å². The number of para-hydroxylation sites is 2. The zero-order chi connectivity index (χ0) is 13.8. The molecule has 4 nitrogen and oxygen atoms in total. The Morgan fingerprint density at radius 3 is 2.55 bits per heavy atom. The molecule has 0 saturated carbocycles. The number of benzene rings is 1. The Balaban J connectivity index is 1.57. The van der Waals surface area contributed by atoms with Gasteiger partial charge in [-0.3, -0.25) is 0 Å². The largest absolute Gasteiger partial charge is 0.369 e. The molecule has 1 saturated heterocycles. The molecule has 4 heteroatoms. The lowest BCUT2D eigenvalue weighted by Gasteiger charge is -2.15. The Labute approximate surface area is 120 Å². The molecule has 1 aromatic carbocycles. The summed E-state index contributed by atoms with van der Waals surface area (Å²) < 4.78 is 0. The second-order valence-corrected chi connectivity index (χ2v) is 5.48. The van der Waals surface area contributed by atoms with Gasteiger partial charge in [-0.1, -0.05) is 12.1 Å². The van der Waals surface area contributed by atoms with Gasteiger partial charge < -0.3 is 10.2 Å². The van der Waals surface area contributed by atoms with Crippen molar-refractivity contribution in [3.05, 3.63) is 30.0 Å². The maximum Gasteiger partial charge on any atom is 0.148 e. The van der Waals surface area contributed by atoms with Gasteiger partial charge in [0, 0.05) is 6.54 Å². The van der Waals surface area contributed by atoms with Gasteiger partial charge in [0.15, 0.2) is 0 Å². The summed E-state index contributed by atoms with van der Waals surface area (Å²) in [7, 11) is 0. The van der Waals surface area contributed by atoms with Gasteiger partial charge in [-0.15, -0.1) is 0 Å². The lowest BCUT2D eigenvalue weighted by atomic mass is 10.3. The van der Waals surface area contributed by atoms with Gasteiger partial charge in [-0.25, -0.2) is 9.97 Å². The topological polar surface area (TPSA) is 41.1 Å². The normalized spacial score (nSPS) is 15.8. The van der Waals surface area contributed by atoms with Crippen molar-refractivity contribution in [2.75, 3.05) is 31.5 Å². The molecule has 1 N–H and O–H groups in total. The number of nitrogens with one attached hydrogen (secondary N) is 1. The minimum Gasteiger partial charge on any atom is -0.369 e. The monoisotopic (exact) mass is 270 g/mol. The van der Waals surface area contributed by atoms with Crippen LogP contribution in [0.4, 0.5) is 5.82 Å². The number of likely N-dealkylation sites (tertiary alicyclic amines) is 1. The molecule has 0 bridgehead atoms. The number of nitrogens with zero attached hydrogens (tertiary/aromatic N) is 3. The third kappa shape index (κ3) is 3.07. The van der Waals surface area contributed by atoms with Crippen LogP contribution in [0, 0.1) is 6.92 Å². The molecular formula is C16H22N4. The minimum absolute atomic E-state index is 0.921. The van der Waals surface area contributed by atoms with E-state index < -0.39 is 0 Å². The van der Waals surface area contributed by atoms with Gasteiger partial charge in [-0.05, 0) is 58.0 Å². The highest BCUT2D eigenvalue weighted by Crippen LogP contribution is 2.16.